The number of carbonyl (C=O) groups is 1. The van der Waals surface area contributed by atoms with E-state index in [1.54, 1.807) is 37.4 Å². The number of carboxylic acid groups (broad SMARTS) is 1. The van der Waals surface area contributed by atoms with Gasteiger partial charge in [-0.1, -0.05) is 23.2 Å². The monoisotopic (exact) mass is 582 g/mol. The highest BCUT2D eigenvalue weighted by Gasteiger charge is 2.21. The third-order valence-electron chi connectivity index (χ3n) is 6.13. The summed E-state index contributed by atoms with van der Waals surface area (Å²) >= 11 is 13.6. The topological polar surface area (TPSA) is 118 Å². The molecule has 0 amide bonds. The first-order valence-electron chi connectivity index (χ1n) is 11.4. The SMILES string of the molecule is Cc1cc(-c2cc(Cl)ccc2OCCn2c(C)nc3c(F)cc(Cl)c(C#N)c3c2=O)c2scc(C(=O)O)c2n1. The zero-order chi connectivity index (χ0) is 28.0. The van der Waals surface area contributed by atoms with Gasteiger partial charge in [-0.05, 0) is 44.2 Å². The Morgan fingerprint density at radius 3 is 2.67 bits per heavy atom. The van der Waals surface area contributed by atoms with Crippen LogP contribution in [0.3, 0.4) is 0 Å². The highest BCUT2D eigenvalue weighted by molar-refractivity contribution is 7.18. The Bertz CT molecular complexity index is 1930. The first-order chi connectivity index (χ1) is 18.6. The van der Waals surface area contributed by atoms with E-state index in [0.29, 0.717) is 37.8 Å². The number of carboxylic acids is 1. The second-order valence-electron chi connectivity index (χ2n) is 8.60. The average molecular weight is 583 g/mol. The largest absolute Gasteiger partial charge is 0.491 e. The Morgan fingerprint density at radius 1 is 1.18 bits per heavy atom. The van der Waals surface area contributed by atoms with Crippen molar-refractivity contribution in [1.82, 2.24) is 14.5 Å². The number of fused-ring (bicyclic) bond motifs is 2. The average Bonchev–Trinajstić information content (AvgIpc) is 3.31. The molecule has 0 saturated carbocycles. The number of benzene rings is 2. The Morgan fingerprint density at radius 2 is 1.95 bits per heavy atom. The van der Waals surface area contributed by atoms with Gasteiger partial charge >= 0.3 is 5.97 Å². The summed E-state index contributed by atoms with van der Waals surface area (Å²) in [4.78, 5) is 33.6. The molecule has 0 fully saturated rings. The molecule has 5 aromatic rings. The Balaban J connectivity index is 1.53. The van der Waals surface area contributed by atoms with E-state index in [9.17, 15) is 24.3 Å². The van der Waals surface area contributed by atoms with Gasteiger partial charge in [-0.15, -0.1) is 11.3 Å². The zero-order valence-corrected chi connectivity index (χ0v) is 22.7. The minimum absolute atomic E-state index is 0.0194. The second kappa shape index (κ2) is 10.3. The van der Waals surface area contributed by atoms with Gasteiger partial charge in [0.1, 0.15) is 29.8 Å². The third-order valence-corrected chi connectivity index (χ3v) is 7.66. The van der Waals surface area contributed by atoms with Crippen molar-refractivity contribution in [2.45, 2.75) is 20.4 Å². The fourth-order valence-electron chi connectivity index (χ4n) is 4.38. The first kappa shape index (κ1) is 26.6. The van der Waals surface area contributed by atoms with Crippen LogP contribution in [0, 0.1) is 31.0 Å². The van der Waals surface area contributed by atoms with Crippen molar-refractivity contribution in [3.8, 4) is 22.9 Å². The quantitative estimate of drug-likeness (QED) is 0.246. The number of rotatable bonds is 6. The van der Waals surface area contributed by atoms with Crippen molar-refractivity contribution in [2.75, 3.05) is 6.61 Å². The first-order valence-corrected chi connectivity index (χ1v) is 13.1. The molecule has 8 nitrogen and oxygen atoms in total. The fraction of sp³-hybridized carbons (Fsp3) is 0.148. The summed E-state index contributed by atoms with van der Waals surface area (Å²) < 4.78 is 22.5. The van der Waals surface area contributed by atoms with Crippen molar-refractivity contribution in [3.63, 3.8) is 0 Å². The van der Waals surface area contributed by atoms with Gasteiger partial charge in [0.2, 0.25) is 0 Å². The van der Waals surface area contributed by atoms with Crippen LogP contribution in [0.15, 0.2) is 40.5 Å². The number of thiophene rings is 1. The summed E-state index contributed by atoms with van der Waals surface area (Å²) in [5, 5.41) is 20.7. The number of aryl methyl sites for hydroxylation is 2. The summed E-state index contributed by atoms with van der Waals surface area (Å²) in [5.74, 6) is -1.17. The van der Waals surface area contributed by atoms with E-state index in [0.717, 1.165) is 6.07 Å². The summed E-state index contributed by atoms with van der Waals surface area (Å²) in [6.07, 6.45) is 0. The number of nitrogens with zero attached hydrogens (tertiary/aromatic N) is 4. The van der Waals surface area contributed by atoms with Gasteiger partial charge in [-0.3, -0.25) is 14.3 Å². The highest BCUT2D eigenvalue weighted by Crippen LogP contribution is 2.40. The van der Waals surface area contributed by atoms with Crippen LogP contribution in [-0.4, -0.2) is 32.2 Å². The van der Waals surface area contributed by atoms with Gasteiger partial charge in [0, 0.05) is 27.2 Å². The molecular weight excluding hydrogens is 566 g/mol. The van der Waals surface area contributed by atoms with Crippen LogP contribution >= 0.6 is 34.5 Å². The maximum atomic E-state index is 14.5. The van der Waals surface area contributed by atoms with Gasteiger partial charge in [0.05, 0.1) is 38.3 Å². The lowest BCUT2D eigenvalue weighted by atomic mass is 10.0. The summed E-state index contributed by atoms with van der Waals surface area (Å²) in [6, 6.07) is 9.70. The lowest BCUT2D eigenvalue weighted by Crippen LogP contribution is -2.27. The Labute approximate surface area is 234 Å². The smallest absolute Gasteiger partial charge is 0.338 e. The number of nitriles is 1. The van der Waals surface area contributed by atoms with Crippen LogP contribution in [0.25, 0.3) is 32.2 Å². The molecule has 0 aliphatic rings. The molecule has 0 spiro atoms. The standard InChI is InChI=1S/C27H17Cl2FN4O4S/c1-12-7-16(25-23(32-12)18(11-39-25)27(36)37)15-8-14(28)3-4-21(15)38-6-5-34-13(2)33-24-20(30)9-19(29)17(10-31)22(24)26(34)35/h3-4,7-9,11H,5-6H2,1-2H3,(H,36,37). The van der Waals surface area contributed by atoms with Gasteiger partial charge in [0.25, 0.3) is 5.56 Å². The van der Waals surface area contributed by atoms with Crippen molar-refractivity contribution < 1.29 is 19.0 Å². The molecule has 0 unspecified atom stereocenters. The number of hydrogen-bond acceptors (Lipinski definition) is 7. The Hall–Kier alpha value is -4.04. The molecule has 39 heavy (non-hydrogen) atoms. The maximum Gasteiger partial charge on any atom is 0.338 e. The van der Waals surface area contributed by atoms with Crippen molar-refractivity contribution >= 4 is 61.6 Å². The molecule has 2 aromatic carbocycles. The van der Waals surface area contributed by atoms with E-state index >= 15 is 0 Å². The van der Waals surface area contributed by atoms with Crippen LogP contribution < -0.4 is 10.3 Å². The van der Waals surface area contributed by atoms with Gasteiger partial charge in [-0.25, -0.2) is 14.2 Å². The number of hydrogen-bond donors (Lipinski definition) is 1. The van der Waals surface area contributed by atoms with E-state index in [-0.39, 0.29) is 46.0 Å². The second-order valence-corrected chi connectivity index (χ2v) is 10.3. The molecule has 196 valence electrons. The number of ether oxygens (including phenoxy) is 1. The maximum absolute atomic E-state index is 14.5. The Kier molecular flexibility index (Phi) is 6.99. The molecule has 3 heterocycles. The third kappa shape index (κ3) is 4.69. The van der Waals surface area contributed by atoms with E-state index in [2.05, 4.69) is 9.97 Å². The van der Waals surface area contributed by atoms with Crippen molar-refractivity contribution in [1.29, 1.82) is 5.26 Å². The zero-order valence-electron chi connectivity index (χ0n) is 20.4. The van der Waals surface area contributed by atoms with E-state index in [4.69, 9.17) is 27.9 Å². The van der Waals surface area contributed by atoms with Gasteiger partial charge < -0.3 is 9.84 Å². The van der Waals surface area contributed by atoms with Crippen LogP contribution in [0.4, 0.5) is 4.39 Å². The summed E-state index contributed by atoms with van der Waals surface area (Å²) in [7, 11) is 0. The lowest BCUT2D eigenvalue weighted by Gasteiger charge is -2.16. The molecule has 0 bridgehead atoms. The number of halogens is 3. The molecular formula is C27H17Cl2FN4O4S. The van der Waals surface area contributed by atoms with E-state index in [1.807, 2.05) is 12.1 Å². The number of pyridine rings is 1. The van der Waals surface area contributed by atoms with Crippen molar-refractivity contribution in [2.24, 2.45) is 0 Å². The van der Waals surface area contributed by atoms with Crippen molar-refractivity contribution in [3.05, 3.63) is 84.6 Å². The molecule has 0 radical (unpaired) electrons. The summed E-state index contributed by atoms with van der Waals surface area (Å²) in [6.45, 7) is 3.39. The molecule has 5 rings (SSSR count). The normalized spacial score (nSPS) is 11.2. The summed E-state index contributed by atoms with van der Waals surface area (Å²) in [5.41, 5.74) is 1.46. The van der Waals surface area contributed by atoms with Crippen LogP contribution in [0.2, 0.25) is 10.0 Å². The minimum Gasteiger partial charge on any atom is -0.491 e. The van der Waals surface area contributed by atoms with Crippen LogP contribution in [-0.2, 0) is 6.54 Å². The predicted octanol–water partition coefficient (Wildman–Crippen LogP) is 6.38. The van der Waals surface area contributed by atoms with Gasteiger partial charge in [-0.2, -0.15) is 5.26 Å². The molecule has 0 atom stereocenters. The molecule has 0 aliphatic heterocycles. The molecule has 3 aromatic heterocycles. The predicted molar refractivity (Wildman–Crippen MR) is 148 cm³/mol. The van der Waals surface area contributed by atoms with Gasteiger partial charge in [0.15, 0.2) is 5.82 Å². The van der Waals surface area contributed by atoms with E-state index in [1.165, 1.54) is 15.9 Å². The molecule has 1 N–H and O–H groups in total. The van der Waals surface area contributed by atoms with Crippen LogP contribution in [0.5, 0.6) is 5.75 Å². The molecule has 12 heteroatoms. The minimum atomic E-state index is -1.07. The van der Waals surface area contributed by atoms with Crippen LogP contribution in [0.1, 0.15) is 27.4 Å². The van der Waals surface area contributed by atoms with E-state index < -0.39 is 17.3 Å². The fourth-order valence-corrected chi connectivity index (χ4v) is 5.79. The molecule has 0 aliphatic carbocycles. The number of aromatic carboxylic acids is 1. The number of aromatic nitrogens is 3. The lowest BCUT2D eigenvalue weighted by molar-refractivity contribution is 0.0699. The highest BCUT2D eigenvalue weighted by atomic mass is 35.5. The molecule has 0 saturated heterocycles.